The number of hydrogen-bond donors (Lipinski definition) is 2. The predicted octanol–water partition coefficient (Wildman–Crippen LogP) is 0.775. The van der Waals surface area contributed by atoms with Gasteiger partial charge in [0.1, 0.15) is 6.04 Å². The minimum Gasteiger partial charge on any atom is -0.343 e. The molecule has 0 spiro atoms. The van der Waals surface area contributed by atoms with Gasteiger partial charge in [-0.2, -0.15) is 13.2 Å². The van der Waals surface area contributed by atoms with E-state index in [1.54, 1.807) is 0 Å². The fourth-order valence-electron chi connectivity index (χ4n) is 2.62. The number of amides is 4. The second-order valence-corrected chi connectivity index (χ2v) is 5.36. The highest BCUT2D eigenvalue weighted by Crippen LogP contribution is 2.31. The summed E-state index contributed by atoms with van der Waals surface area (Å²) in [7, 11) is 0. The molecular weight excluding hydrogens is 291 g/mol. The number of likely N-dealkylation sites (tertiary alicyclic amines) is 1. The van der Waals surface area contributed by atoms with Gasteiger partial charge in [-0.05, 0) is 18.8 Å². The van der Waals surface area contributed by atoms with E-state index in [2.05, 4.69) is 5.32 Å². The van der Waals surface area contributed by atoms with Crippen LogP contribution in [0, 0.1) is 5.92 Å². The number of rotatable bonds is 3. The van der Waals surface area contributed by atoms with Gasteiger partial charge in [0.05, 0.1) is 6.42 Å². The summed E-state index contributed by atoms with van der Waals surface area (Å²) in [6.45, 7) is 0.504. The van der Waals surface area contributed by atoms with Crippen molar-refractivity contribution < 1.29 is 27.6 Å². The lowest BCUT2D eigenvalue weighted by Crippen LogP contribution is -2.43. The molecule has 118 valence electrons. The summed E-state index contributed by atoms with van der Waals surface area (Å²) in [6.07, 6.45) is -4.57. The van der Waals surface area contributed by atoms with E-state index in [9.17, 15) is 27.6 Å². The molecule has 0 aromatic rings. The molecule has 9 heteroatoms. The first-order valence-electron chi connectivity index (χ1n) is 6.70. The van der Waals surface area contributed by atoms with Gasteiger partial charge in [-0.1, -0.05) is 0 Å². The molecule has 0 unspecified atom stereocenters. The lowest BCUT2D eigenvalue weighted by molar-refractivity contribution is -0.149. The average molecular weight is 307 g/mol. The molecule has 2 fully saturated rings. The second kappa shape index (κ2) is 5.90. The predicted molar refractivity (Wildman–Crippen MR) is 65.1 cm³/mol. The summed E-state index contributed by atoms with van der Waals surface area (Å²) in [5, 5.41) is 4.34. The molecule has 2 heterocycles. The molecule has 0 bridgehead atoms. The third-order valence-corrected chi connectivity index (χ3v) is 3.72. The van der Waals surface area contributed by atoms with Crippen molar-refractivity contribution >= 4 is 17.8 Å². The fourth-order valence-corrected chi connectivity index (χ4v) is 2.62. The molecule has 0 aliphatic carbocycles. The van der Waals surface area contributed by atoms with E-state index in [1.165, 1.54) is 4.90 Å². The quantitative estimate of drug-likeness (QED) is 0.756. The minimum atomic E-state index is -4.18. The normalized spacial score (nSPS) is 24.0. The number of alkyl halides is 3. The Kier molecular flexibility index (Phi) is 4.38. The van der Waals surface area contributed by atoms with Gasteiger partial charge in [0, 0.05) is 19.5 Å². The molecule has 6 nitrogen and oxygen atoms in total. The zero-order valence-electron chi connectivity index (χ0n) is 11.2. The molecule has 0 aromatic heterocycles. The Morgan fingerprint density at radius 3 is 2.33 bits per heavy atom. The number of urea groups is 1. The largest absolute Gasteiger partial charge is 0.389 e. The van der Waals surface area contributed by atoms with E-state index in [1.807, 2.05) is 5.32 Å². The van der Waals surface area contributed by atoms with E-state index in [-0.39, 0.29) is 25.4 Å². The Morgan fingerprint density at radius 1 is 1.24 bits per heavy atom. The molecule has 21 heavy (non-hydrogen) atoms. The summed E-state index contributed by atoms with van der Waals surface area (Å²) in [6, 6.07) is -1.53. The van der Waals surface area contributed by atoms with Crippen LogP contribution in [0.2, 0.25) is 0 Å². The van der Waals surface area contributed by atoms with Gasteiger partial charge in [-0.15, -0.1) is 0 Å². The van der Waals surface area contributed by atoms with E-state index in [0.29, 0.717) is 12.8 Å². The van der Waals surface area contributed by atoms with Crippen LogP contribution in [0.3, 0.4) is 0 Å². The van der Waals surface area contributed by atoms with Crippen molar-refractivity contribution in [1.82, 2.24) is 15.5 Å². The highest BCUT2D eigenvalue weighted by molar-refractivity contribution is 6.05. The van der Waals surface area contributed by atoms with E-state index in [0.717, 1.165) is 0 Å². The number of nitrogens with one attached hydrogen (secondary N) is 2. The minimum absolute atomic E-state index is 0.165. The van der Waals surface area contributed by atoms with Gasteiger partial charge in [0.2, 0.25) is 5.91 Å². The first-order valence-corrected chi connectivity index (χ1v) is 6.70. The molecule has 2 N–H and O–H groups in total. The molecule has 0 saturated carbocycles. The van der Waals surface area contributed by atoms with Crippen LogP contribution in [-0.2, 0) is 9.59 Å². The Morgan fingerprint density at radius 2 is 1.86 bits per heavy atom. The maximum Gasteiger partial charge on any atom is 0.389 e. The Bertz CT molecular complexity index is 445. The van der Waals surface area contributed by atoms with Crippen molar-refractivity contribution in [3.8, 4) is 0 Å². The second-order valence-electron chi connectivity index (χ2n) is 5.36. The fraction of sp³-hybridized carbons (Fsp3) is 0.750. The summed E-state index contributed by atoms with van der Waals surface area (Å²) in [4.78, 5) is 35.7. The first-order chi connectivity index (χ1) is 9.74. The Hall–Kier alpha value is -1.80. The molecule has 2 rings (SSSR count). The number of carbonyl (C=O) groups is 3. The highest BCUT2D eigenvalue weighted by Gasteiger charge is 2.36. The lowest BCUT2D eigenvalue weighted by Gasteiger charge is -2.32. The zero-order valence-corrected chi connectivity index (χ0v) is 11.2. The van der Waals surface area contributed by atoms with E-state index in [4.69, 9.17) is 0 Å². The van der Waals surface area contributed by atoms with E-state index < -0.39 is 36.5 Å². The summed E-state index contributed by atoms with van der Waals surface area (Å²) in [5.41, 5.74) is 0. The van der Waals surface area contributed by atoms with Crippen molar-refractivity contribution in [2.24, 2.45) is 5.92 Å². The molecule has 2 aliphatic rings. The van der Waals surface area contributed by atoms with Crippen LogP contribution in [0.15, 0.2) is 0 Å². The number of nitrogens with zero attached hydrogens (tertiary/aromatic N) is 1. The SMILES string of the molecule is O=C1NC(=O)[C@H](CC(=O)N2CCC(CC(F)(F)F)CC2)N1. The lowest BCUT2D eigenvalue weighted by atomic mass is 9.93. The van der Waals surface area contributed by atoms with Crippen LogP contribution in [0.4, 0.5) is 18.0 Å². The summed E-state index contributed by atoms with van der Waals surface area (Å²) < 4.78 is 36.8. The number of halogens is 3. The highest BCUT2D eigenvalue weighted by atomic mass is 19.4. The maximum atomic E-state index is 12.3. The molecule has 4 amide bonds. The number of imide groups is 1. The number of piperidine rings is 1. The topological polar surface area (TPSA) is 78.5 Å². The standard InChI is InChI=1S/C12H16F3N3O3/c13-12(14,15)6-7-1-3-18(4-2-7)9(19)5-8-10(20)17-11(21)16-8/h7-8H,1-6H2,(H2,16,17,20,21)/t8-/m0/s1. The van der Waals surface area contributed by atoms with Crippen LogP contribution < -0.4 is 10.6 Å². The van der Waals surface area contributed by atoms with Gasteiger partial charge in [-0.25, -0.2) is 4.79 Å². The molecule has 0 radical (unpaired) electrons. The van der Waals surface area contributed by atoms with Crippen molar-refractivity contribution in [2.75, 3.05) is 13.1 Å². The van der Waals surface area contributed by atoms with Crippen LogP contribution in [0.25, 0.3) is 0 Å². The van der Waals surface area contributed by atoms with Gasteiger partial charge >= 0.3 is 12.2 Å². The number of hydrogen-bond acceptors (Lipinski definition) is 3. The van der Waals surface area contributed by atoms with Gasteiger partial charge in [0.25, 0.3) is 5.91 Å². The number of carbonyl (C=O) groups excluding carboxylic acids is 3. The van der Waals surface area contributed by atoms with Crippen LogP contribution in [-0.4, -0.2) is 48.1 Å². The Balaban J connectivity index is 1.78. The third-order valence-electron chi connectivity index (χ3n) is 3.72. The molecule has 2 saturated heterocycles. The van der Waals surface area contributed by atoms with Crippen molar-refractivity contribution in [2.45, 2.75) is 37.9 Å². The molecular formula is C12H16F3N3O3. The third kappa shape index (κ3) is 4.33. The van der Waals surface area contributed by atoms with Gasteiger partial charge in [-0.3, -0.25) is 14.9 Å². The first kappa shape index (κ1) is 15.6. The monoisotopic (exact) mass is 307 g/mol. The van der Waals surface area contributed by atoms with Crippen molar-refractivity contribution in [3.05, 3.63) is 0 Å². The molecule has 2 aliphatic heterocycles. The van der Waals surface area contributed by atoms with Crippen molar-refractivity contribution in [1.29, 1.82) is 0 Å². The zero-order chi connectivity index (χ0) is 15.6. The maximum absolute atomic E-state index is 12.3. The van der Waals surface area contributed by atoms with Crippen LogP contribution in [0.1, 0.15) is 25.7 Å². The van der Waals surface area contributed by atoms with Gasteiger partial charge in [0.15, 0.2) is 0 Å². The van der Waals surface area contributed by atoms with E-state index >= 15 is 0 Å². The summed E-state index contributed by atoms with van der Waals surface area (Å²) >= 11 is 0. The summed E-state index contributed by atoms with van der Waals surface area (Å²) in [5.74, 6) is -1.34. The van der Waals surface area contributed by atoms with Gasteiger partial charge < -0.3 is 10.2 Å². The Labute approximate surface area is 119 Å². The smallest absolute Gasteiger partial charge is 0.343 e. The molecule has 1 atom stereocenters. The van der Waals surface area contributed by atoms with Crippen LogP contribution >= 0.6 is 0 Å². The average Bonchev–Trinajstić information content (AvgIpc) is 2.66. The van der Waals surface area contributed by atoms with Crippen molar-refractivity contribution in [3.63, 3.8) is 0 Å². The molecule has 0 aromatic carbocycles. The van der Waals surface area contributed by atoms with Crippen LogP contribution in [0.5, 0.6) is 0 Å².